The van der Waals surface area contributed by atoms with Gasteiger partial charge in [-0.3, -0.25) is 9.59 Å². The van der Waals surface area contributed by atoms with Crippen LogP contribution in [-0.2, 0) is 11.2 Å². The van der Waals surface area contributed by atoms with Crippen LogP contribution in [0.25, 0.3) is 0 Å². The van der Waals surface area contributed by atoms with Crippen LogP contribution in [0.1, 0.15) is 66.2 Å². The first-order chi connectivity index (χ1) is 13.8. The van der Waals surface area contributed by atoms with E-state index in [4.69, 9.17) is 5.73 Å². The van der Waals surface area contributed by atoms with Crippen LogP contribution in [0.3, 0.4) is 0 Å². The normalized spacial score (nSPS) is 16.8. The minimum Gasteiger partial charge on any atom is -0.399 e. The molecule has 2 unspecified atom stereocenters. The van der Waals surface area contributed by atoms with Crippen molar-refractivity contribution in [2.75, 3.05) is 5.73 Å². The first-order valence-corrected chi connectivity index (χ1v) is 10.4. The van der Waals surface area contributed by atoms with Crippen LogP contribution in [0.5, 0.6) is 0 Å². The van der Waals surface area contributed by atoms with E-state index in [0.717, 1.165) is 36.1 Å². The Bertz CT molecular complexity index is 891. The van der Waals surface area contributed by atoms with Crippen LogP contribution >= 0.6 is 0 Å². The van der Waals surface area contributed by atoms with Crippen LogP contribution in [-0.4, -0.2) is 17.9 Å². The highest BCUT2D eigenvalue weighted by molar-refractivity contribution is 5.98. The fourth-order valence-electron chi connectivity index (χ4n) is 4.02. The van der Waals surface area contributed by atoms with Crippen molar-refractivity contribution in [2.24, 2.45) is 5.92 Å². The quantitative estimate of drug-likeness (QED) is 0.651. The van der Waals surface area contributed by atoms with Gasteiger partial charge in [0.1, 0.15) is 6.04 Å². The summed E-state index contributed by atoms with van der Waals surface area (Å²) in [5.74, 6) is -0.0580. The zero-order valence-corrected chi connectivity index (χ0v) is 17.5. The number of hydrogen-bond donors (Lipinski definition) is 3. The molecule has 0 aliphatic heterocycles. The molecule has 1 aliphatic rings. The molecule has 5 heteroatoms. The maximum absolute atomic E-state index is 13.1. The molecule has 0 fully saturated rings. The van der Waals surface area contributed by atoms with E-state index in [1.807, 2.05) is 43.3 Å². The lowest BCUT2D eigenvalue weighted by molar-refractivity contribution is -0.124. The molecule has 0 radical (unpaired) electrons. The van der Waals surface area contributed by atoms with Gasteiger partial charge < -0.3 is 16.4 Å². The Morgan fingerprint density at radius 1 is 1.17 bits per heavy atom. The second-order valence-corrected chi connectivity index (χ2v) is 8.38. The third kappa shape index (κ3) is 5.17. The Kier molecular flexibility index (Phi) is 6.57. The summed E-state index contributed by atoms with van der Waals surface area (Å²) in [5, 5.41) is 6.13. The van der Waals surface area contributed by atoms with Crippen molar-refractivity contribution in [1.29, 1.82) is 0 Å². The van der Waals surface area contributed by atoms with E-state index >= 15 is 0 Å². The predicted octanol–water partition coefficient (Wildman–Crippen LogP) is 3.92. The zero-order chi connectivity index (χ0) is 21.0. The highest BCUT2D eigenvalue weighted by Gasteiger charge is 2.27. The lowest BCUT2D eigenvalue weighted by Gasteiger charge is -2.29. The van der Waals surface area contributed by atoms with Gasteiger partial charge in [-0.15, -0.1) is 0 Å². The molecule has 1 aliphatic carbocycles. The zero-order valence-electron chi connectivity index (χ0n) is 17.5. The van der Waals surface area contributed by atoms with Gasteiger partial charge in [-0.1, -0.05) is 38.1 Å². The van der Waals surface area contributed by atoms with Crippen LogP contribution in [0, 0.1) is 12.8 Å². The molecule has 0 spiro atoms. The Hall–Kier alpha value is -2.82. The van der Waals surface area contributed by atoms with E-state index in [1.54, 1.807) is 6.07 Å². The third-order valence-electron chi connectivity index (χ3n) is 5.52. The molecular formula is C24H31N3O2. The van der Waals surface area contributed by atoms with E-state index in [-0.39, 0.29) is 23.8 Å². The third-order valence-corrected chi connectivity index (χ3v) is 5.52. The Labute approximate surface area is 173 Å². The first kappa shape index (κ1) is 20.9. The molecular weight excluding hydrogens is 362 g/mol. The summed E-state index contributed by atoms with van der Waals surface area (Å²) in [6, 6.07) is 12.7. The van der Waals surface area contributed by atoms with E-state index in [2.05, 4.69) is 24.5 Å². The lowest BCUT2D eigenvalue weighted by Crippen LogP contribution is -2.48. The van der Waals surface area contributed by atoms with Crippen LogP contribution in [0.4, 0.5) is 5.69 Å². The van der Waals surface area contributed by atoms with E-state index < -0.39 is 6.04 Å². The van der Waals surface area contributed by atoms with Crippen molar-refractivity contribution >= 4 is 17.5 Å². The SMILES string of the molecule is Cc1ccccc1C(=O)NC(CC(C)C)C(=O)NC1CCCc2cc(N)ccc21. The number of fused-ring (bicyclic) bond motifs is 1. The number of aryl methyl sites for hydroxylation is 2. The van der Waals surface area contributed by atoms with Crippen molar-refractivity contribution in [3.05, 3.63) is 64.7 Å². The van der Waals surface area contributed by atoms with Crippen molar-refractivity contribution in [1.82, 2.24) is 10.6 Å². The predicted molar refractivity (Wildman–Crippen MR) is 117 cm³/mol. The topological polar surface area (TPSA) is 84.2 Å². The number of nitrogens with two attached hydrogens (primary N) is 1. The molecule has 4 N–H and O–H groups in total. The molecule has 0 saturated heterocycles. The monoisotopic (exact) mass is 393 g/mol. The number of nitrogens with one attached hydrogen (secondary N) is 2. The van der Waals surface area contributed by atoms with Crippen LogP contribution < -0.4 is 16.4 Å². The number of amides is 2. The molecule has 29 heavy (non-hydrogen) atoms. The van der Waals surface area contributed by atoms with Crippen LogP contribution in [0.15, 0.2) is 42.5 Å². The van der Waals surface area contributed by atoms with Gasteiger partial charge in [0.15, 0.2) is 0 Å². The Morgan fingerprint density at radius 2 is 1.93 bits per heavy atom. The van der Waals surface area contributed by atoms with Crippen molar-refractivity contribution in [3.8, 4) is 0 Å². The van der Waals surface area contributed by atoms with E-state index in [0.29, 0.717) is 12.0 Å². The number of rotatable bonds is 6. The van der Waals surface area contributed by atoms with Crippen LogP contribution in [0.2, 0.25) is 0 Å². The minimum atomic E-state index is -0.568. The molecule has 154 valence electrons. The number of carbonyl (C=O) groups is 2. The summed E-state index contributed by atoms with van der Waals surface area (Å²) in [7, 11) is 0. The van der Waals surface area contributed by atoms with Gasteiger partial charge in [0.25, 0.3) is 5.91 Å². The van der Waals surface area contributed by atoms with Gasteiger partial charge in [0.05, 0.1) is 6.04 Å². The van der Waals surface area contributed by atoms with E-state index in [9.17, 15) is 9.59 Å². The summed E-state index contributed by atoms with van der Waals surface area (Å²) in [4.78, 5) is 25.9. The first-order valence-electron chi connectivity index (χ1n) is 10.4. The van der Waals surface area contributed by atoms with Gasteiger partial charge in [0.2, 0.25) is 5.91 Å². The molecule has 0 saturated carbocycles. The summed E-state index contributed by atoms with van der Waals surface area (Å²) >= 11 is 0. The standard InChI is InChI=1S/C24H31N3O2/c1-15(2)13-22(27-23(28)19-9-5-4-7-16(19)3)24(29)26-21-10-6-8-17-14-18(25)11-12-20(17)21/h4-5,7,9,11-12,14-15,21-22H,6,8,10,13,25H2,1-3H3,(H,26,29)(H,27,28). The molecule has 0 aromatic heterocycles. The second-order valence-electron chi connectivity index (χ2n) is 8.38. The van der Waals surface area contributed by atoms with Crippen molar-refractivity contribution < 1.29 is 9.59 Å². The summed E-state index contributed by atoms with van der Waals surface area (Å²) in [6.07, 6.45) is 3.46. The summed E-state index contributed by atoms with van der Waals surface area (Å²) in [5.41, 5.74) is 10.5. The molecule has 0 heterocycles. The minimum absolute atomic E-state index is 0.0446. The molecule has 0 bridgehead atoms. The highest BCUT2D eigenvalue weighted by atomic mass is 16.2. The number of carbonyl (C=O) groups excluding carboxylic acids is 2. The molecule has 2 aromatic rings. The number of benzene rings is 2. The lowest BCUT2D eigenvalue weighted by atomic mass is 9.87. The Balaban J connectivity index is 1.75. The molecule has 5 nitrogen and oxygen atoms in total. The van der Waals surface area contributed by atoms with Gasteiger partial charge >= 0.3 is 0 Å². The average molecular weight is 394 g/mol. The molecule has 2 atom stereocenters. The fraction of sp³-hybridized carbons (Fsp3) is 0.417. The Morgan fingerprint density at radius 3 is 2.66 bits per heavy atom. The molecule has 3 rings (SSSR count). The van der Waals surface area contributed by atoms with Gasteiger partial charge in [-0.2, -0.15) is 0 Å². The molecule has 2 amide bonds. The van der Waals surface area contributed by atoms with Gasteiger partial charge in [-0.25, -0.2) is 0 Å². The van der Waals surface area contributed by atoms with Gasteiger partial charge in [-0.05, 0) is 73.4 Å². The van der Waals surface area contributed by atoms with E-state index in [1.165, 1.54) is 5.56 Å². The van der Waals surface area contributed by atoms with Gasteiger partial charge in [0, 0.05) is 11.3 Å². The largest absolute Gasteiger partial charge is 0.399 e. The number of anilines is 1. The smallest absolute Gasteiger partial charge is 0.252 e. The van der Waals surface area contributed by atoms with Crippen molar-refractivity contribution in [3.63, 3.8) is 0 Å². The second kappa shape index (κ2) is 9.12. The average Bonchev–Trinajstić information content (AvgIpc) is 2.67. The highest BCUT2D eigenvalue weighted by Crippen LogP contribution is 2.31. The maximum atomic E-state index is 13.1. The number of hydrogen-bond acceptors (Lipinski definition) is 3. The molecule has 2 aromatic carbocycles. The fourth-order valence-corrected chi connectivity index (χ4v) is 4.02. The summed E-state index contributed by atoms with van der Waals surface area (Å²) < 4.78 is 0. The van der Waals surface area contributed by atoms with Crippen molar-refractivity contribution in [2.45, 2.75) is 58.5 Å². The number of nitrogen functional groups attached to an aromatic ring is 1. The summed E-state index contributed by atoms with van der Waals surface area (Å²) in [6.45, 7) is 6.01. The maximum Gasteiger partial charge on any atom is 0.252 e.